The number of hydrogen-bond donors (Lipinski definition) is 2. The fraction of sp³-hybridized carbons (Fsp3) is 0.0909. The SMILES string of the molecule is [C]=C(B(Nc1ccc(C)cc1)Nc1ccc(C)cc1)c1ccccc1. The van der Waals surface area contributed by atoms with Gasteiger partial charge in [-0.1, -0.05) is 65.7 Å². The molecule has 0 fully saturated rings. The molecule has 2 radical (unpaired) electrons. The van der Waals surface area contributed by atoms with Crippen molar-refractivity contribution in [2.45, 2.75) is 13.8 Å². The van der Waals surface area contributed by atoms with Crippen molar-refractivity contribution >= 4 is 23.8 Å². The van der Waals surface area contributed by atoms with Crippen LogP contribution < -0.4 is 10.5 Å². The molecule has 0 saturated carbocycles. The van der Waals surface area contributed by atoms with Crippen LogP contribution in [0.15, 0.2) is 78.9 Å². The normalized spacial score (nSPS) is 10.2. The van der Waals surface area contributed by atoms with Crippen molar-refractivity contribution in [1.29, 1.82) is 0 Å². The van der Waals surface area contributed by atoms with Gasteiger partial charge < -0.3 is 10.5 Å². The smallest absolute Gasteiger partial charge is 0.405 e. The molecular formula is C22H21BN2. The average Bonchev–Trinajstić information content (AvgIpc) is 2.65. The highest BCUT2D eigenvalue weighted by atomic mass is 15.0. The molecule has 2 N–H and O–H groups in total. The van der Waals surface area contributed by atoms with Crippen molar-refractivity contribution in [3.63, 3.8) is 0 Å². The first-order valence-corrected chi connectivity index (χ1v) is 8.42. The molecule has 0 aliphatic carbocycles. The van der Waals surface area contributed by atoms with Crippen LogP contribution in [0.25, 0.3) is 5.47 Å². The summed E-state index contributed by atoms with van der Waals surface area (Å²) in [5.41, 5.74) is 5.79. The molecule has 0 aliphatic rings. The summed E-state index contributed by atoms with van der Waals surface area (Å²) in [7, 11) is 0. The quantitative estimate of drug-likeness (QED) is 0.605. The maximum Gasteiger partial charge on any atom is 0.407 e. The lowest BCUT2D eigenvalue weighted by molar-refractivity contribution is 1.46. The Labute approximate surface area is 150 Å². The zero-order chi connectivity index (χ0) is 17.6. The van der Waals surface area contributed by atoms with Crippen LogP contribution in [-0.2, 0) is 0 Å². The van der Waals surface area contributed by atoms with Gasteiger partial charge in [-0.3, -0.25) is 0 Å². The van der Waals surface area contributed by atoms with Crippen molar-refractivity contribution < 1.29 is 0 Å². The monoisotopic (exact) mass is 324 g/mol. The predicted octanol–water partition coefficient (Wildman–Crippen LogP) is 5.25. The highest BCUT2D eigenvalue weighted by Gasteiger charge is 2.21. The maximum atomic E-state index is 8.65. The second-order valence-corrected chi connectivity index (χ2v) is 6.23. The molecule has 3 aromatic rings. The largest absolute Gasteiger partial charge is 0.407 e. The van der Waals surface area contributed by atoms with Crippen molar-refractivity contribution in [2.75, 3.05) is 10.5 Å². The van der Waals surface area contributed by atoms with Crippen LogP contribution in [0.2, 0.25) is 0 Å². The van der Waals surface area contributed by atoms with E-state index in [1.165, 1.54) is 11.1 Å². The Morgan fingerprint density at radius 1 is 0.680 bits per heavy atom. The third kappa shape index (κ3) is 4.54. The Hall–Kier alpha value is -2.94. The first-order chi connectivity index (χ1) is 12.1. The highest BCUT2D eigenvalue weighted by molar-refractivity contribution is 6.83. The molecule has 0 aromatic heterocycles. The molecule has 0 amide bonds. The number of rotatable bonds is 6. The summed E-state index contributed by atoms with van der Waals surface area (Å²) in [5, 5.41) is 6.86. The van der Waals surface area contributed by atoms with Crippen molar-refractivity contribution in [1.82, 2.24) is 0 Å². The van der Waals surface area contributed by atoms with Gasteiger partial charge in [0, 0.05) is 11.4 Å². The summed E-state index contributed by atoms with van der Waals surface area (Å²) >= 11 is 0. The van der Waals surface area contributed by atoms with Gasteiger partial charge >= 0.3 is 6.98 Å². The Morgan fingerprint density at radius 2 is 1.12 bits per heavy atom. The van der Waals surface area contributed by atoms with Crippen molar-refractivity contribution in [3.05, 3.63) is 102 Å². The summed E-state index contributed by atoms with van der Waals surface area (Å²) in [5.74, 6) is 0. The summed E-state index contributed by atoms with van der Waals surface area (Å²) in [6, 6.07) is 26.2. The van der Waals surface area contributed by atoms with Gasteiger partial charge in [0.1, 0.15) is 0 Å². The van der Waals surface area contributed by atoms with Gasteiger partial charge in [-0.2, -0.15) is 0 Å². The first kappa shape index (κ1) is 16.9. The number of hydrogen-bond acceptors (Lipinski definition) is 2. The van der Waals surface area contributed by atoms with E-state index in [9.17, 15) is 0 Å². The molecule has 0 saturated heterocycles. The van der Waals surface area contributed by atoms with Crippen LogP contribution in [-0.4, -0.2) is 6.98 Å². The van der Waals surface area contributed by atoms with E-state index in [0.717, 1.165) is 16.9 Å². The van der Waals surface area contributed by atoms with Gasteiger partial charge in [0.25, 0.3) is 0 Å². The molecule has 3 rings (SSSR count). The van der Waals surface area contributed by atoms with E-state index in [0.29, 0.717) is 5.47 Å². The Morgan fingerprint density at radius 3 is 1.56 bits per heavy atom. The van der Waals surface area contributed by atoms with Gasteiger partial charge in [0.05, 0.1) is 0 Å². The topological polar surface area (TPSA) is 24.1 Å². The molecule has 0 aliphatic heterocycles. The van der Waals surface area contributed by atoms with E-state index < -0.39 is 0 Å². The van der Waals surface area contributed by atoms with Gasteiger partial charge in [-0.25, -0.2) is 0 Å². The van der Waals surface area contributed by atoms with Crippen LogP contribution in [0.5, 0.6) is 0 Å². The van der Waals surface area contributed by atoms with E-state index in [1.54, 1.807) is 0 Å². The Bertz CT molecular complexity index is 777. The van der Waals surface area contributed by atoms with Crippen molar-refractivity contribution in [3.8, 4) is 0 Å². The van der Waals surface area contributed by atoms with E-state index in [2.05, 4.69) is 48.6 Å². The molecular weight excluding hydrogens is 303 g/mol. The lowest BCUT2D eigenvalue weighted by Gasteiger charge is -2.20. The Kier molecular flexibility index (Phi) is 5.25. The second-order valence-electron chi connectivity index (χ2n) is 6.23. The minimum absolute atomic E-state index is 0.326. The standard InChI is InChI=1S/C22H21BN2/c1-17-9-13-21(14-10-17)24-23(19(3)20-7-5-4-6-8-20)25-22-15-11-18(2)12-16-22/h4-16,24-25H,1-2H3. The summed E-state index contributed by atoms with van der Waals surface area (Å²) in [4.78, 5) is 0. The maximum absolute atomic E-state index is 8.65. The molecule has 0 heterocycles. The van der Waals surface area contributed by atoms with Crippen LogP contribution >= 0.6 is 0 Å². The van der Waals surface area contributed by atoms with E-state index in [4.69, 9.17) is 6.58 Å². The van der Waals surface area contributed by atoms with Gasteiger partial charge in [-0.15, -0.1) is 0 Å². The van der Waals surface area contributed by atoms with Crippen LogP contribution in [0.1, 0.15) is 16.7 Å². The second kappa shape index (κ2) is 7.76. The van der Waals surface area contributed by atoms with Crippen LogP contribution in [0.4, 0.5) is 11.4 Å². The summed E-state index contributed by atoms with van der Waals surface area (Å²) in [6.45, 7) is 12.5. The zero-order valence-electron chi connectivity index (χ0n) is 14.6. The molecule has 0 spiro atoms. The van der Waals surface area contributed by atoms with E-state index in [1.807, 2.05) is 54.6 Å². The van der Waals surface area contributed by atoms with E-state index >= 15 is 0 Å². The molecule has 0 bridgehead atoms. The number of nitrogens with one attached hydrogen (secondary N) is 2. The van der Waals surface area contributed by atoms with Gasteiger partial charge in [0.15, 0.2) is 0 Å². The molecule has 0 unspecified atom stereocenters. The predicted molar refractivity (Wildman–Crippen MR) is 108 cm³/mol. The lowest BCUT2D eigenvalue weighted by atomic mass is 9.64. The van der Waals surface area contributed by atoms with Gasteiger partial charge in [-0.05, 0) is 55.7 Å². The van der Waals surface area contributed by atoms with Crippen LogP contribution in [0, 0.1) is 20.4 Å². The number of anilines is 2. The van der Waals surface area contributed by atoms with Crippen molar-refractivity contribution in [2.24, 2.45) is 0 Å². The zero-order valence-corrected chi connectivity index (χ0v) is 14.6. The molecule has 0 atom stereocenters. The third-order valence-electron chi connectivity index (χ3n) is 4.10. The molecule has 25 heavy (non-hydrogen) atoms. The Balaban J connectivity index is 1.85. The van der Waals surface area contributed by atoms with Crippen LogP contribution in [0.3, 0.4) is 0 Å². The number of aryl methyl sites for hydroxylation is 2. The van der Waals surface area contributed by atoms with E-state index in [-0.39, 0.29) is 6.98 Å². The minimum atomic E-state index is -0.326. The minimum Gasteiger partial charge on any atom is -0.405 e. The lowest BCUT2D eigenvalue weighted by Crippen LogP contribution is -2.36. The fourth-order valence-electron chi connectivity index (χ4n) is 2.60. The molecule has 3 heteroatoms. The average molecular weight is 324 g/mol. The summed E-state index contributed by atoms with van der Waals surface area (Å²) in [6.07, 6.45) is 0. The third-order valence-corrected chi connectivity index (χ3v) is 4.10. The molecule has 122 valence electrons. The molecule has 2 nitrogen and oxygen atoms in total. The number of benzene rings is 3. The fourth-order valence-corrected chi connectivity index (χ4v) is 2.60. The first-order valence-electron chi connectivity index (χ1n) is 8.42. The molecule has 3 aromatic carbocycles. The highest BCUT2D eigenvalue weighted by Crippen LogP contribution is 2.20. The van der Waals surface area contributed by atoms with Gasteiger partial charge in [0.2, 0.25) is 0 Å². The summed E-state index contributed by atoms with van der Waals surface area (Å²) < 4.78 is 0.